The molecule has 2 fully saturated rings. The molecule has 7 rings (SSSR count). The smallest absolute Gasteiger partial charge is 0.328 e. The SMILES string of the molecule is C=C1C[C@@H]2C=Nc3cc(OCCCC(=O)Nc4cn(C)c(C(=O)Cc5cc(C(=O)Nc6cc(C(=O)NCCCOC(=O)[C@@H](NC(=O)CCOCCOCCCC(=O)CCN7C(=O)CC(SC)C7=O)C(C)C)n(C)c6)n(C)c5)n4)c(C)cc3C(=O)N2C1. The van der Waals surface area contributed by atoms with E-state index < -0.39 is 29.7 Å². The fourth-order valence-corrected chi connectivity index (χ4v) is 10.6. The van der Waals surface area contributed by atoms with E-state index in [2.05, 4.69) is 37.8 Å². The number of hydrogen-bond donors (Lipinski definition) is 4. The van der Waals surface area contributed by atoms with Crippen LogP contribution < -0.4 is 26.0 Å². The number of anilines is 2. The molecule has 0 aliphatic carbocycles. The van der Waals surface area contributed by atoms with Crippen LogP contribution in [0, 0.1) is 12.8 Å². The molecule has 7 amide bonds. The number of nitrogens with zero attached hydrogens (tertiary/aromatic N) is 7. The number of imidazole rings is 1. The number of aliphatic imine (C=N–C) groups is 1. The molecule has 4 aromatic rings. The minimum atomic E-state index is -0.905. The molecule has 86 heavy (non-hydrogen) atoms. The van der Waals surface area contributed by atoms with Crippen molar-refractivity contribution in [1.29, 1.82) is 0 Å². The normalized spacial score (nSPS) is 15.8. The van der Waals surface area contributed by atoms with Gasteiger partial charge in [-0.15, -0.1) is 0 Å². The highest BCUT2D eigenvalue weighted by atomic mass is 32.2. The molecule has 26 heteroatoms. The van der Waals surface area contributed by atoms with Crippen LogP contribution in [0.1, 0.15) is 125 Å². The topological polar surface area (TPSA) is 302 Å². The number of ketones is 2. The van der Waals surface area contributed by atoms with Crippen molar-refractivity contribution in [2.45, 2.75) is 102 Å². The molecule has 3 aliphatic heterocycles. The van der Waals surface area contributed by atoms with Gasteiger partial charge in [0.05, 0.1) is 61.3 Å². The van der Waals surface area contributed by atoms with Crippen molar-refractivity contribution in [2.24, 2.45) is 32.1 Å². The number of carbonyl (C=O) groups excluding carboxylic acids is 10. The van der Waals surface area contributed by atoms with E-state index in [0.29, 0.717) is 60.7 Å². The monoisotopic (exact) mass is 1210 g/mol. The molecule has 1 aromatic carbocycles. The maximum Gasteiger partial charge on any atom is 0.328 e. The van der Waals surface area contributed by atoms with Gasteiger partial charge in [0.2, 0.25) is 29.4 Å². The van der Waals surface area contributed by atoms with E-state index in [4.69, 9.17) is 18.9 Å². The summed E-state index contributed by atoms with van der Waals surface area (Å²) in [6, 6.07) is 5.62. The number of amides is 7. The molecule has 0 spiro atoms. The lowest BCUT2D eigenvalue weighted by molar-refractivity contribution is -0.149. The molecule has 0 saturated carbocycles. The second-order valence-electron chi connectivity index (χ2n) is 21.8. The lowest BCUT2D eigenvalue weighted by Gasteiger charge is -2.21. The summed E-state index contributed by atoms with van der Waals surface area (Å²) >= 11 is 1.33. The van der Waals surface area contributed by atoms with Crippen molar-refractivity contribution in [3.8, 4) is 5.75 Å². The van der Waals surface area contributed by atoms with E-state index in [1.165, 1.54) is 27.3 Å². The molecule has 3 atom stereocenters. The van der Waals surface area contributed by atoms with E-state index in [1.54, 1.807) is 98.3 Å². The highest BCUT2D eigenvalue weighted by Gasteiger charge is 2.38. The largest absolute Gasteiger partial charge is 0.493 e. The van der Waals surface area contributed by atoms with Gasteiger partial charge in [0.25, 0.3) is 17.7 Å². The molecule has 25 nitrogen and oxygen atoms in total. The summed E-state index contributed by atoms with van der Waals surface area (Å²) in [7, 11) is 4.96. The molecule has 6 heterocycles. The zero-order chi connectivity index (χ0) is 62.2. The third-order valence-electron chi connectivity index (χ3n) is 14.6. The first kappa shape index (κ1) is 65.3. The van der Waals surface area contributed by atoms with Gasteiger partial charge < -0.3 is 58.8 Å². The number of esters is 1. The molecule has 3 aliphatic rings. The maximum absolute atomic E-state index is 13.5. The van der Waals surface area contributed by atoms with Crippen molar-refractivity contribution in [3.05, 3.63) is 88.9 Å². The fraction of sp³-hybridized carbons (Fsp3) is 0.500. The Labute approximate surface area is 503 Å². The number of ether oxygens (including phenoxy) is 4. The Kier molecular flexibility index (Phi) is 23.3. The number of likely N-dealkylation sites (tertiary alicyclic amines) is 1. The lowest BCUT2D eigenvalue weighted by atomic mass is 10.0. The van der Waals surface area contributed by atoms with Crippen LogP contribution in [-0.2, 0) is 70.5 Å². The Hall–Kier alpha value is -8.23. The van der Waals surface area contributed by atoms with Crippen molar-refractivity contribution >= 4 is 94.1 Å². The molecule has 2 saturated heterocycles. The van der Waals surface area contributed by atoms with Crippen LogP contribution in [0.15, 0.2) is 60.0 Å². The Balaban J connectivity index is 0.746. The molecular weight excluding hydrogens is 1130 g/mol. The second-order valence-corrected chi connectivity index (χ2v) is 22.8. The van der Waals surface area contributed by atoms with Gasteiger partial charge in [-0.1, -0.05) is 26.0 Å². The molecule has 0 bridgehead atoms. The standard InChI is InChI=1S/C60H77N11O14S/c1-36(2)54(66-52(75)15-21-83-23-22-82-18-9-12-42(72)14-17-70-53(76)30-49(86-8)59(70)80)60(81)85-20-11-16-61-56(77)46-28-40(34-68(46)6)63-57(78)45-26-39(33-67(45)5)27-47(73)55-65-50(35-69(55)7)64-51(74)13-10-19-84-48-29-44-43(25-38(48)4)58(79)71-32-37(3)24-41(71)31-62-44/h25-26,28-29,31,33-36,41,49,54H,3,9-24,27,30,32H2,1-2,4-8H3,(H,61,77)(H,63,78)(H,64,74)(H,66,75)/t41-,49?,54+/m1/s1. The van der Waals surface area contributed by atoms with Crippen molar-refractivity contribution in [2.75, 3.05) is 76.2 Å². The van der Waals surface area contributed by atoms with Crippen LogP contribution >= 0.6 is 11.8 Å². The van der Waals surface area contributed by atoms with E-state index in [1.807, 2.05) is 6.92 Å². The van der Waals surface area contributed by atoms with Gasteiger partial charge in [0, 0.05) is 117 Å². The minimum Gasteiger partial charge on any atom is -0.493 e. The highest BCUT2D eigenvalue weighted by Crippen LogP contribution is 2.35. The number of rotatable bonds is 33. The van der Waals surface area contributed by atoms with E-state index >= 15 is 0 Å². The first-order valence-corrected chi connectivity index (χ1v) is 30.0. The number of hydrogen-bond acceptors (Lipinski definition) is 17. The van der Waals surface area contributed by atoms with Crippen molar-refractivity contribution in [1.82, 2.24) is 39.1 Å². The fourth-order valence-electron chi connectivity index (χ4n) is 9.96. The first-order chi connectivity index (χ1) is 41.1. The van der Waals surface area contributed by atoms with Crippen LogP contribution in [-0.4, -0.2) is 176 Å². The highest BCUT2D eigenvalue weighted by molar-refractivity contribution is 8.00. The minimum absolute atomic E-state index is 0.00293. The van der Waals surface area contributed by atoms with Gasteiger partial charge in [-0.3, -0.25) is 53.0 Å². The first-order valence-electron chi connectivity index (χ1n) is 28.7. The quantitative estimate of drug-likeness (QED) is 0.0163. The Morgan fingerprint density at radius 2 is 1.51 bits per heavy atom. The van der Waals surface area contributed by atoms with E-state index in [9.17, 15) is 47.9 Å². The van der Waals surface area contributed by atoms with Gasteiger partial charge in [0.1, 0.15) is 29.0 Å². The molecule has 0 radical (unpaired) electrons. The summed E-state index contributed by atoms with van der Waals surface area (Å²) in [5.74, 6) is -2.60. The van der Waals surface area contributed by atoms with Gasteiger partial charge in [0.15, 0.2) is 11.6 Å². The number of imide groups is 1. The zero-order valence-electron chi connectivity index (χ0n) is 49.8. The molecule has 1 unspecified atom stereocenters. The van der Waals surface area contributed by atoms with Crippen molar-refractivity contribution < 1.29 is 66.9 Å². The summed E-state index contributed by atoms with van der Waals surface area (Å²) in [5.41, 5.74) is 4.23. The van der Waals surface area contributed by atoms with Crippen LogP contribution in [0.3, 0.4) is 0 Å². The van der Waals surface area contributed by atoms with Crippen LogP contribution in [0.2, 0.25) is 0 Å². The van der Waals surface area contributed by atoms with Gasteiger partial charge >= 0.3 is 5.97 Å². The number of thioether (sulfide) groups is 1. The summed E-state index contributed by atoms with van der Waals surface area (Å²) in [6.45, 7) is 11.3. The molecule has 462 valence electrons. The Morgan fingerprint density at radius 1 is 0.779 bits per heavy atom. The van der Waals surface area contributed by atoms with Gasteiger partial charge in [-0.05, 0) is 74.1 Å². The second kappa shape index (κ2) is 30.7. The number of carbonyl (C=O) groups is 10. The molecular formula is C60H77N11O14S. The third-order valence-corrected chi connectivity index (χ3v) is 15.5. The van der Waals surface area contributed by atoms with Gasteiger partial charge in [-0.25, -0.2) is 9.78 Å². The summed E-state index contributed by atoms with van der Waals surface area (Å²) in [4.78, 5) is 140. The Morgan fingerprint density at radius 3 is 2.26 bits per heavy atom. The van der Waals surface area contributed by atoms with E-state index in [-0.39, 0.29) is 167 Å². The average Bonchev–Trinajstić information content (AvgIpc) is 2.39. The van der Waals surface area contributed by atoms with Crippen LogP contribution in [0.5, 0.6) is 5.75 Å². The lowest BCUT2D eigenvalue weighted by Crippen LogP contribution is -2.45. The third kappa shape index (κ3) is 17.7. The average molecular weight is 1210 g/mol. The number of aryl methyl sites for hydroxylation is 4. The summed E-state index contributed by atoms with van der Waals surface area (Å²) in [5, 5.41) is 10.7. The number of Topliss-reactive ketones (excluding diaryl/α,β-unsaturated/α-hetero) is 2. The number of benzene rings is 1. The summed E-state index contributed by atoms with van der Waals surface area (Å²) in [6.07, 6.45) is 10.8. The number of aromatic nitrogens is 4. The van der Waals surface area contributed by atoms with Crippen LogP contribution in [0.25, 0.3) is 0 Å². The van der Waals surface area contributed by atoms with Crippen molar-refractivity contribution in [3.63, 3.8) is 0 Å². The van der Waals surface area contributed by atoms with E-state index in [0.717, 1.165) is 11.1 Å². The van der Waals surface area contributed by atoms with Gasteiger partial charge in [-0.2, -0.15) is 11.8 Å². The number of fused-ring (bicyclic) bond motifs is 2. The Bertz CT molecular complexity index is 3250. The van der Waals surface area contributed by atoms with Crippen LogP contribution in [0.4, 0.5) is 17.2 Å². The zero-order valence-corrected chi connectivity index (χ0v) is 50.6. The molecule has 3 aromatic heterocycles. The molecule has 4 N–H and O–H groups in total. The number of nitrogens with one attached hydrogen (secondary N) is 4. The maximum atomic E-state index is 13.5. The summed E-state index contributed by atoms with van der Waals surface area (Å²) < 4.78 is 27.1. The predicted molar refractivity (Wildman–Crippen MR) is 320 cm³/mol. The predicted octanol–water partition coefficient (Wildman–Crippen LogP) is 4.82.